The van der Waals surface area contributed by atoms with Gasteiger partial charge in [0.05, 0.1) is 0 Å². The summed E-state index contributed by atoms with van der Waals surface area (Å²) >= 11 is 0. The van der Waals surface area contributed by atoms with Gasteiger partial charge in [0.25, 0.3) is 0 Å². The second-order valence-corrected chi connectivity index (χ2v) is 6.82. The molecule has 0 saturated carbocycles. The number of carboxylic acid groups (broad SMARTS) is 1. The lowest BCUT2D eigenvalue weighted by Gasteiger charge is -2.21. The summed E-state index contributed by atoms with van der Waals surface area (Å²) in [5, 5.41) is 11.8. The Morgan fingerprint density at radius 3 is 2.41 bits per heavy atom. The third-order valence-electron chi connectivity index (χ3n) is 3.90. The maximum Gasteiger partial charge on any atom is 0.407 e. The van der Waals surface area contributed by atoms with Crippen LogP contribution in [0.4, 0.5) is 4.79 Å². The molecule has 0 saturated heterocycles. The van der Waals surface area contributed by atoms with Gasteiger partial charge >= 0.3 is 12.1 Å². The first kappa shape index (κ1) is 20.3. The van der Waals surface area contributed by atoms with Crippen LogP contribution in [0.3, 0.4) is 0 Å². The molecular weight excluding hydrogens is 346 g/mol. The number of hydrogen-bond acceptors (Lipinski definition) is 4. The van der Waals surface area contributed by atoms with Crippen LogP contribution in [0, 0.1) is 0 Å². The van der Waals surface area contributed by atoms with Crippen LogP contribution in [-0.2, 0) is 22.5 Å². The Bertz CT molecular complexity index is 773. The minimum absolute atomic E-state index is 0.251. The molecule has 2 N–H and O–H groups in total. The number of benzene rings is 2. The minimum Gasteiger partial charge on any atom is -0.478 e. The molecule has 27 heavy (non-hydrogen) atoms. The molecule has 6 heteroatoms. The van der Waals surface area contributed by atoms with E-state index in [0.29, 0.717) is 12.2 Å². The van der Waals surface area contributed by atoms with E-state index in [0.717, 1.165) is 11.1 Å². The normalized spacial score (nSPS) is 12.1. The third kappa shape index (κ3) is 6.66. The zero-order chi connectivity index (χ0) is 19.9. The molecule has 0 fully saturated rings. The average Bonchev–Trinajstić information content (AvgIpc) is 2.60. The van der Waals surface area contributed by atoms with Crippen molar-refractivity contribution >= 4 is 12.1 Å². The van der Waals surface area contributed by atoms with Gasteiger partial charge in [-0.05, 0) is 44.0 Å². The maximum atomic E-state index is 12.0. The number of hydrogen-bond donors (Lipinski definition) is 2. The van der Waals surface area contributed by atoms with Crippen LogP contribution in [0.15, 0.2) is 54.6 Å². The lowest BCUT2D eigenvalue weighted by molar-refractivity contribution is -0.152. The Balaban J connectivity index is 1.84. The Morgan fingerprint density at radius 2 is 1.74 bits per heavy atom. The number of amides is 1. The number of nitrogens with one attached hydrogen (secondary N) is 1. The molecule has 2 rings (SSSR count). The largest absolute Gasteiger partial charge is 0.478 e. The Kier molecular flexibility index (Phi) is 6.82. The SMILES string of the molecule is CC(Cc1ccccc1)OC(=O)NCc1cccc(OC(C)(C)C(=O)O)c1. The Hall–Kier alpha value is -3.02. The number of carbonyl (C=O) groups is 2. The van der Waals surface area contributed by atoms with Crippen molar-refractivity contribution in [3.05, 3.63) is 65.7 Å². The van der Waals surface area contributed by atoms with Crippen LogP contribution < -0.4 is 10.1 Å². The summed E-state index contributed by atoms with van der Waals surface area (Å²) in [5.41, 5.74) is 0.544. The highest BCUT2D eigenvalue weighted by molar-refractivity contribution is 5.76. The molecule has 144 valence electrons. The zero-order valence-electron chi connectivity index (χ0n) is 15.8. The van der Waals surface area contributed by atoms with Crippen LogP contribution >= 0.6 is 0 Å². The van der Waals surface area contributed by atoms with Gasteiger partial charge in [0.2, 0.25) is 0 Å². The molecule has 0 radical (unpaired) electrons. The summed E-state index contributed by atoms with van der Waals surface area (Å²) in [5.74, 6) is -0.630. The van der Waals surface area contributed by atoms with Crippen molar-refractivity contribution in [1.29, 1.82) is 0 Å². The quantitative estimate of drug-likeness (QED) is 0.737. The highest BCUT2D eigenvalue weighted by Gasteiger charge is 2.29. The van der Waals surface area contributed by atoms with Gasteiger partial charge in [0.1, 0.15) is 11.9 Å². The number of carboxylic acids is 1. The van der Waals surface area contributed by atoms with Gasteiger partial charge in [-0.1, -0.05) is 42.5 Å². The van der Waals surface area contributed by atoms with Crippen LogP contribution in [0.1, 0.15) is 31.9 Å². The summed E-state index contributed by atoms with van der Waals surface area (Å²) in [6.07, 6.45) is -0.115. The van der Waals surface area contributed by atoms with Crippen molar-refractivity contribution < 1.29 is 24.2 Å². The molecule has 6 nitrogen and oxygen atoms in total. The molecule has 0 aromatic heterocycles. The highest BCUT2D eigenvalue weighted by Crippen LogP contribution is 2.20. The molecule has 1 atom stereocenters. The van der Waals surface area contributed by atoms with Crippen LogP contribution in [0.2, 0.25) is 0 Å². The van der Waals surface area contributed by atoms with Crippen molar-refractivity contribution in [3.63, 3.8) is 0 Å². The number of ether oxygens (including phenoxy) is 2. The third-order valence-corrected chi connectivity index (χ3v) is 3.90. The average molecular weight is 371 g/mol. The first-order valence-electron chi connectivity index (χ1n) is 8.76. The van der Waals surface area contributed by atoms with Crippen molar-refractivity contribution in [2.24, 2.45) is 0 Å². The number of aliphatic carboxylic acids is 1. The van der Waals surface area contributed by atoms with Crippen LogP contribution in [-0.4, -0.2) is 28.9 Å². The zero-order valence-corrected chi connectivity index (χ0v) is 15.8. The van der Waals surface area contributed by atoms with E-state index in [-0.39, 0.29) is 12.6 Å². The lowest BCUT2D eigenvalue weighted by atomic mass is 10.1. The Morgan fingerprint density at radius 1 is 1.07 bits per heavy atom. The Labute approximate surface area is 159 Å². The van der Waals surface area contributed by atoms with E-state index in [4.69, 9.17) is 14.6 Å². The fraction of sp³-hybridized carbons (Fsp3) is 0.333. The number of alkyl carbamates (subject to hydrolysis) is 1. The summed E-state index contributed by atoms with van der Waals surface area (Å²) in [4.78, 5) is 23.1. The molecular formula is C21H25NO5. The van der Waals surface area contributed by atoms with Gasteiger partial charge in [0.15, 0.2) is 5.60 Å². The molecule has 2 aromatic carbocycles. The van der Waals surface area contributed by atoms with Gasteiger partial charge in [-0.2, -0.15) is 0 Å². The molecule has 0 aliphatic carbocycles. The van der Waals surface area contributed by atoms with Gasteiger partial charge < -0.3 is 19.9 Å². The van der Waals surface area contributed by atoms with Gasteiger partial charge in [-0.3, -0.25) is 0 Å². The van der Waals surface area contributed by atoms with Crippen molar-refractivity contribution in [2.75, 3.05) is 0 Å². The second kappa shape index (κ2) is 9.07. The van der Waals surface area contributed by atoms with Gasteiger partial charge in [0, 0.05) is 13.0 Å². The van der Waals surface area contributed by atoms with Gasteiger partial charge in [-0.15, -0.1) is 0 Å². The van der Waals surface area contributed by atoms with E-state index < -0.39 is 17.7 Å². The first-order chi connectivity index (χ1) is 12.8. The standard InChI is InChI=1S/C21H25NO5/c1-15(12-16-8-5-4-6-9-16)26-20(25)22-14-17-10-7-11-18(13-17)27-21(2,3)19(23)24/h4-11,13,15H,12,14H2,1-3H3,(H,22,25)(H,23,24). The van der Waals surface area contributed by atoms with Crippen LogP contribution in [0.25, 0.3) is 0 Å². The molecule has 0 heterocycles. The molecule has 1 unspecified atom stereocenters. The summed E-state index contributed by atoms with van der Waals surface area (Å²) in [6, 6.07) is 16.7. The monoisotopic (exact) mass is 371 g/mol. The van der Waals surface area contributed by atoms with E-state index in [2.05, 4.69) is 5.32 Å². The van der Waals surface area contributed by atoms with E-state index in [1.807, 2.05) is 43.3 Å². The topological polar surface area (TPSA) is 84.9 Å². The number of carbonyl (C=O) groups excluding carboxylic acids is 1. The number of rotatable bonds is 8. The van der Waals surface area contributed by atoms with E-state index >= 15 is 0 Å². The maximum absolute atomic E-state index is 12.0. The molecule has 0 bridgehead atoms. The lowest BCUT2D eigenvalue weighted by Crippen LogP contribution is -2.37. The minimum atomic E-state index is -1.34. The van der Waals surface area contributed by atoms with Gasteiger partial charge in [-0.25, -0.2) is 9.59 Å². The predicted octanol–water partition coefficient (Wildman–Crippen LogP) is 3.79. The molecule has 1 amide bonds. The molecule has 0 spiro atoms. The van der Waals surface area contributed by atoms with Crippen molar-refractivity contribution in [3.8, 4) is 5.75 Å². The van der Waals surface area contributed by atoms with Crippen LogP contribution in [0.5, 0.6) is 5.75 Å². The fourth-order valence-electron chi connectivity index (χ4n) is 2.44. The predicted molar refractivity (Wildman–Crippen MR) is 102 cm³/mol. The van der Waals surface area contributed by atoms with Crippen molar-refractivity contribution in [1.82, 2.24) is 5.32 Å². The smallest absolute Gasteiger partial charge is 0.407 e. The van der Waals surface area contributed by atoms with E-state index in [9.17, 15) is 9.59 Å². The summed E-state index contributed by atoms with van der Waals surface area (Å²) < 4.78 is 10.9. The summed E-state index contributed by atoms with van der Waals surface area (Å²) in [7, 11) is 0. The first-order valence-corrected chi connectivity index (χ1v) is 8.76. The molecule has 0 aliphatic heterocycles. The second-order valence-electron chi connectivity index (χ2n) is 6.82. The fourth-order valence-corrected chi connectivity index (χ4v) is 2.44. The highest BCUT2D eigenvalue weighted by atomic mass is 16.6. The van der Waals surface area contributed by atoms with E-state index in [1.165, 1.54) is 13.8 Å². The van der Waals surface area contributed by atoms with E-state index in [1.54, 1.807) is 18.2 Å². The van der Waals surface area contributed by atoms with Crippen molar-refractivity contribution in [2.45, 2.75) is 45.4 Å². The molecule has 2 aromatic rings. The summed E-state index contributed by atoms with van der Waals surface area (Å²) in [6.45, 7) is 5.05. The molecule has 0 aliphatic rings.